The number of rotatable bonds is 6. The van der Waals surface area contributed by atoms with E-state index in [1.807, 2.05) is 11.8 Å². The van der Waals surface area contributed by atoms with E-state index < -0.39 is 0 Å². The Labute approximate surface area is 203 Å². The van der Waals surface area contributed by atoms with Crippen LogP contribution in [0.15, 0.2) is 29.2 Å². The standard InChI is InChI=1S/C27H40N2O3S/c30-26-25(28-27(31)29-26)21-11-7-8-12-23(16-13-21)33-24-17-14-22(15-18-24)32-19-20-9-5-3-1-2-4-6-10-20/h14-15,17-18,20-21,23,25H,1-13,16,19H2,(H2,28,29,30,31). The SMILES string of the molecule is O=C1NC(=O)C(C2CCCCC(Sc3ccc(OCC4CCCCCCCC4)cc3)CC2)N1. The fraction of sp³-hybridized carbons (Fsp3) is 0.704. The van der Waals surface area contributed by atoms with Crippen LogP contribution >= 0.6 is 11.8 Å². The van der Waals surface area contributed by atoms with Gasteiger partial charge in [-0.15, -0.1) is 11.8 Å². The van der Waals surface area contributed by atoms with Crippen molar-refractivity contribution in [3.63, 3.8) is 0 Å². The molecule has 182 valence electrons. The van der Waals surface area contributed by atoms with Gasteiger partial charge in [0.05, 0.1) is 6.61 Å². The summed E-state index contributed by atoms with van der Waals surface area (Å²) in [6.45, 7) is 0.849. The lowest BCUT2D eigenvalue weighted by Crippen LogP contribution is -2.37. The van der Waals surface area contributed by atoms with Gasteiger partial charge >= 0.3 is 6.03 Å². The molecule has 6 heteroatoms. The highest BCUT2D eigenvalue weighted by atomic mass is 32.2. The van der Waals surface area contributed by atoms with Crippen LogP contribution in [0.5, 0.6) is 5.75 Å². The molecule has 1 aromatic rings. The number of hydrogen-bond acceptors (Lipinski definition) is 4. The van der Waals surface area contributed by atoms with E-state index in [9.17, 15) is 9.59 Å². The number of ether oxygens (including phenoxy) is 1. The lowest BCUT2D eigenvalue weighted by Gasteiger charge is -2.27. The van der Waals surface area contributed by atoms with Crippen molar-refractivity contribution >= 4 is 23.7 Å². The van der Waals surface area contributed by atoms with Gasteiger partial charge in [0, 0.05) is 10.1 Å². The summed E-state index contributed by atoms with van der Waals surface area (Å²) in [5.74, 6) is 1.78. The van der Waals surface area contributed by atoms with Crippen LogP contribution in [0.3, 0.4) is 0 Å². The summed E-state index contributed by atoms with van der Waals surface area (Å²) in [7, 11) is 0. The Kier molecular flexibility index (Phi) is 9.39. The zero-order valence-corrected chi connectivity index (χ0v) is 20.7. The van der Waals surface area contributed by atoms with Crippen molar-refractivity contribution in [1.82, 2.24) is 10.6 Å². The van der Waals surface area contributed by atoms with E-state index in [-0.39, 0.29) is 23.9 Å². The van der Waals surface area contributed by atoms with Gasteiger partial charge in [0.2, 0.25) is 0 Å². The van der Waals surface area contributed by atoms with E-state index in [0.29, 0.717) is 11.2 Å². The van der Waals surface area contributed by atoms with Crippen LogP contribution in [-0.2, 0) is 4.79 Å². The number of imide groups is 1. The Morgan fingerprint density at radius 3 is 2.15 bits per heavy atom. The van der Waals surface area contributed by atoms with E-state index in [1.54, 1.807) is 0 Å². The molecular weight excluding hydrogens is 432 g/mol. The maximum atomic E-state index is 12.1. The van der Waals surface area contributed by atoms with Crippen LogP contribution < -0.4 is 15.4 Å². The minimum absolute atomic E-state index is 0.152. The Hall–Kier alpha value is -1.69. The summed E-state index contributed by atoms with van der Waals surface area (Å²) in [6.07, 6.45) is 17.5. The lowest BCUT2D eigenvalue weighted by molar-refractivity contribution is -0.121. The van der Waals surface area contributed by atoms with Crippen molar-refractivity contribution in [1.29, 1.82) is 0 Å². The summed E-state index contributed by atoms with van der Waals surface area (Å²) in [5.41, 5.74) is 0. The molecule has 0 bridgehead atoms. The van der Waals surface area contributed by atoms with Crippen molar-refractivity contribution in [3.8, 4) is 5.75 Å². The molecule has 0 radical (unpaired) electrons. The van der Waals surface area contributed by atoms with Gasteiger partial charge in [-0.2, -0.15) is 0 Å². The summed E-state index contributed by atoms with van der Waals surface area (Å²) >= 11 is 1.95. The minimum atomic E-state index is -0.347. The molecule has 4 rings (SSSR count). The van der Waals surface area contributed by atoms with Crippen LogP contribution in [0.2, 0.25) is 0 Å². The van der Waals surface area contributed by atoms with E-state index in [1.165, 1.54) is 69.1 Å². The van der Waals surface area contributed by atoms with Gasteiger partial charge in [0.1, 0.15) is 11.8 Å². The average Bonchev–Trinajstić information content (AvgIpc) is 3.19. The number of urea groups is 1. The number of carbonyl (C=O) groups excluding carboxylic acids is 2. The van der Waals surface area contributed by atoms with Crippen LogP contribution in [0, 0.1) is 11.8 Å². The molecule has 2 aliphatic carbocycles. The first-order chi connectivity index (χ1) is 16.2. The summed E-state index contributed by atoms with van der Waals surface area (Å²) in [5, 5.41) is 5.76. The predicted molar refractivity (Wildman–Crippen MR) is 134 cm³/mol. The maximum Gasteiger partial charge on any atom is 0.322 e. The molecule has 2 N–H and O–H groups in total. The monoisotopic (exact) mass is 472 g/mol. The molecule has 0 aromatic heterocycles. The first-order valence-electron chi connectivity index (χ1n) is 13.2. The van der Waals surface area contributed by atoms with Crippen LogP contribution in [0.1, 0.15) is 89.9 Å². The van der Waals surface area contributed by atoms with Crippen LogP contribution in [-0.4, -0.2) is 29.8 Å². The lowest BCUT2D eigenvalue weighted by atomic mass is 9.85. The van der Waals surface area contributed by atoms with Crippen molar-refractivity contribution in [3.05, 3.63) is 24.3 Å². The largest absolute Gasteiger partial charge is 0.493 e. The highest BCUT2D eigenvalue weighted by Crippen LogP contribution is 2.36. The Balaban J connectivity index is 1.24. The number of amides is 3. The number of carbonyl (C=O) groups is 2. The number of hydrogen-bond donors (Lipinski definition) is 2. The van der Waals surface area contributed by atoms with E-state index in [4.69, 9.17) is 4.74 Å². The highest BCUT2D eigenvalue weighted by Gasteiger charge is 2.36. The van der Waals surface area contributed by atoms with Gasteiger partial charge in [0.25, 0.3) is 5.91 Å². The first kappa shape index (κ1) is 24.4. The Morgan fingerprint density at radius 1 is 0.788 bits per heavy atom. The number of nitrogens with one attached hydrogen (secondary N) is 2. The van der Waals surface area contributed by atoms with Crippen LogP contribution in [0.4, 0.5) is 4.79 Å². The molecular formula is C27H40N2O3S. The Bertz CT molecular complexity index is 759. The fourth-order valence-electron chi connectivity index (χ4n) is 5.59. The minimum Gasteiger partial charge on any atom is -0.493 e. The second kappa shape index (κ2) is 12.7. The van der Waals surface area contributed by atoms with Crippen molar-refractivity contribution in [2.45, 2.75) is 106 Å². The molecule has 3 fully saturated rings. The quantitative estimate of drug-likeness (QED) is 0.467. The number of thioether (sulfide) groups is 1. The van der Waals surface area contributed by atoms with Gasteiger partial charge in [0.15, 0.2) is 0 Å². The molecule has 1 aliphatic heterocycles. The fourth-order valence-corrected chi connectivity index (χ4v) is 6.80. The molecule has 1 heterocycles. The van der Waals surface area contributed by atoms with Gasteiger partial charge in [-0.1, -0.05) is 51.4 Å². The third-order valence-electron chi connectivity index (χ3n) is 7.57. The van der Waals surface area contributed by atoms with Gasteiger partial charge < -0.3 is 10.1 Å². The van der Waals surface area contributed by atoms with E-state index in [0.717, 1.165) is 38.0 Å². The summed E-state index contributed by atoms with van der Waals surface area (Å²) < 4.78 is 6.17. The highest BCUT2D eigenvalue weighted by molar-refractivity contribution is 8.00. The molecule has 3 aliphatic rings. The van der Waals surface area contributed by atoms with Crippen LogP contribution in [0.25, 0.3) is 0 Å². The zero-order valence-electron chi connectivity index (χ0n) is 19.9. The third-order valence-corrected chi connectivity index (χ3v) is 8.92. The molecule has 2 saturated carbocycles. The van der Waals surface area contributed by atoms with E-state index in [2.05, 4.69) is 34.9 Å². The van der Waals surface area contributed by atoms with Crippen molar-refractivity contribution < 1.29 is 14.3 Å². The molecule has 33 heavy (non-hydrogen) atoms. The summed E-state index contributed by atoms with van der Waals surface area (Å²) in [6, 6.07) is 7.96. The number of benzene rings is 1. The first-order valence-corrected chi connectivity index (χ1v) is 14.1. The second-order valence-corrected chi connectivity index (χ2v) is 11.5. The molecule has 1 saturated heterocycles. The topological polar surface area (TPSA) is 67.4 Å². The predicted octanol–water partition coefficient (Wildman–Crippen LogP) is 6.46. The van der Waals surface area contributed by atoms with E-state index >= 15 is 0 Å². The Morgan fingerprint density at radius 2 is 1.45 bits per heavy atom. The van der Waals surface area contributed by atoms with Gasteiger partial charge in [-0.3, -0.25) is 10.1 Å². The second-order valence-electron chi connectivity index (χ2n) is 10.1. The van der Waals surface area contributed by atoms with Gasteiger partial charge in [-0.25, -0.2) is 4.79 Å². The normalized spacial score (nSPS) is 27.9. The van der Waals surface area contributed by atoms with Gasteiger partial charge in [-0.05, 0) is 74.6 Å². The average molecular weight is 473 g/mol. The molecule has 3 atom stereocenters. The maximum absolute atomic E-state index is 12.1. The van der Waals surface area contributed by atoms with Crippen molar-refractivity contribution in [2.75, 3.05) is 6.61 Å². The third kappa shape index (κ3) is 7.66. The molecule has 3 amide bonds. The molecule has 5 nitrogen and oxygen atoms in total. The smallest absolute Gasteiger partial charge is 0.322 e. The zero-order chi connectivity index (χ0) is 22.9. The van der Waals surface area contributed by atoms with Crippen molar-refractivity contribution in [2.24, 2.45) is 11.8 Å². The molecule has 3 unspecified atom stereocenters. The molecule has 0 spiro atoms. The molecule has 1 aromatic carbocycles. The summed E-state index contributed by atoms with van der Waals surface area (Å²) in [4.78, 5) is 24.9.